The van der Waals surface area contributed by atoms with E-state index >= 15 is 0 Å². The van der Waals surface area contributed by atoms with Crippen LogP contribution >= 0.6 is 11.6 Å². The quantitative estimate of drug-likeness (QED) is 0.641. The lowest BCUT2D eigenvalue weighted by Gasteiger charge is -2.07. The maximum absolute atomic E-state index is 6.24. The maximum atomic E-state index is 6.24. The van der Waals surface area contributed by atoms with Crippen molar-refractivity contribution in [2.45, 2.75) is 19.8 Å². The third-order valence-electron chi connectivity index (χ3n) is 2.72. The topological polar surface area (TPSA) is 12.4 Å². The molecule has 0 saturated carbocycles. The molecule has 1 nitrogen and oxygen atoms in total. The van der Waals surface area contributed by atoms with E-state index in [1.165, 1.54) is 0 Å². The second kappa shape index (κ2) is 6.36. The van der Waals surface area contributed by atoms with Crippen LogP contribution < -0.4 is 0 Å². The molecule has 2 aromatic rings. The lowest BCUT2D eigenvalue weighted by Crippen LogP contribution is -1.81. The number of halogens is 1. The van der Waals surface area contributed by atoms with Gasteiger partial charge in [-0.05, 0) is 18.6 Å². The lowest BCUT2D eigenvalue weighted by molar-refractivity contribution is 1.01. The van der Waals surface area contributed by atoms with Gasteiger partial charge in [-0.15, -0.1) is 0 Å². The summed E-state index contributed by atoms with van der Waals surface area (Å²) in [5.74, 6) is 0. The molecule has 2 rings (SSSR count). The number of benzene rings is 2. The first kappa shape index (κ1) is 12.8. The molecule has 0 saturated heterocycles. The van der Waals surface area contributed by atoms with Crippen LogP contribution in [0, 0.1) is 0 Å². The van der Waals surface area contributed by atoms with E-state index in [-0.39, 0.29) is 0 Å². The molecule has 0 aromatic heterocycles. The van der Waals surface area contributed by atoms with Crippen molar-refractivity contribution in [1.82, 2.24) is 0 Å². The summed E-state index contributed by atoms with van der Waals surface area (Å²) in [4.78, 5) is 4.53. The highest BCUT2D eigenvalue weighted by atomic mass is 35.5. The van der Waals surface area contributed by atoms with Crippen LogP contribution in [0.1, 0.15) is 19.8 Å². The van der Waals surface area contributed by atoms with Gasteiger partial charge in [0.2, 0.25) is 0 Å². The van der Waals surface area contributed by atoms with Crippen LogP contribution in [0.2, 0.25) is 5.02 Å². The van der Waals surface area contributed by atoms with Gasteiger partial charge >= 0.3 is 0 Å². The Morgan fingerprint density at radius 1 is 1.00 bits per heavy atom. The first-order valence-electron chi connectivity index (χ1n) is 6.19. The number of unbranched alkanes of at least 4 members (excludes halogenated alkanes) is 1. The standard InChI is InChI=1S/C16H16ClN/c1-2-3-12-18-16-11-7-5-9-14(16)13-8-4-6-10-15(13)17/h4-12H,2-3H2,1H3. The van der Waals surface area contributed by atoms with E-state index in [1.807, 2.05) is 48.7 Å². The van der Waals surface area contributed by atoms with Crippen molar-refractivity contribution < 1.29 is 0 Å². The van der Waals surface area contributed by atoms with Crippen molar-refractivity contribution in [2.24, 2.45) is 4.99 Å². The Bertz CT molecular complexity index is 546. The second-order valence-corrected chi connectivity index (χ2v) is 4.50. The Labute approximate surface area is 113 Å². The summed E-state index contributed by atoms with van der Waals surface area (Å²) in [6.07, 6.45) is 4.07. The van der Waals surface area contributed by atoms with Gasteiger partial charge in [-0.2, -0.15) is 0 Å². The Hall–Kier alpha value is -1.60. The highest BCUT2D eigenvalue weighted by Crippen LogP contribution is 2.34. The van der Waals surface area contributed by atoms with Crippen LogP contribution in [0.3, 0.4) is 0 Å². The van der Waals surface area contributed by atoms with E-state index in [4.69, 9.17) is 11.6 Å². The average molecular weight is 258 g/mol. The van der Waals surface area contributed by atoms with Gasteiger partial charge < -0.3 is 0 Å². The van der Waals surface area contributed by atoms with Crippen LogP contribution in [-0.2, 0) is 0 Å². The number of para-hydroxylation sites is 1. The lowest BCUT2D eigenvalue weighted by atomic mass is 10.0. The first-order chi connectivity index (χ1) is 8.83. The Morgan fingerprint density at radius 2 is 1.67 bits per heavy atom. The molecule has 2 heteroatoms. The fourth-order valence-corrected chi connectivity index (χ4v) is 2.02. The molecule has 0 atom stereocenters. The fourth-order valence-electron chi connectivity index (χ4n) is 1.79. The number of hydrogen-bond acceptors (Lipinski definition) is 1. The minimum Gasteiger partial charge on any atom is -0.261 e. The maximum Gasteiger partial charge on any atom is 0.0704 e. The average Bonchev–Trinajstić information content (AvgIpc) is 2.40. The van der Waals surface area contributed by atoms with Gasteiger partial charge in [0.25, 0.3) is 0 Å². The summed E-state index contributed by atoms with van der Waals surface area (Å²) < 4.78 is 0. The minimum absolute atomic E-state index is 0.760. The van der Waals surface area contributed by atoms with Crippen molar-refractivity contribution in [3.05, 3.63) is 53.6 Å². The highest BCUT2D eigenvalue weighted by Gasteiger charge is 2.06. The largest absolute Gasteiger partial charge is 0.261 e. The Balaban J connectivity index is 2.42. The molecule has 0 spiro atoms. The molecule has 2 aromatic carbocycles. The van der Waals surface area contributed by atoms with E-state index in [2.05, 4.69) is 18.0 Å². The molecule has 0 heterocycles. The summed E-state index contributed by atoms with van der Waals surface area (Å²) in [5, 5.41) is 0.760. The number of rotatable bonds is 4. The van der Waals surface area contributed by atoms with Crippen LogP contribution in [0.15, 0.2) is 53.5 Å². The van der Waals surface area contributed by atoms with Gasteiger partial charge in [-0.1, -0.05) is 61.3 Å². The van der Waals surface area contributed by atoms with E-state index in [1.54, 1.807) is 0 Å². The zero-order chi connectivity index (χ0) is 12.8. The van der Waals surface area contributed by atoms with E-state index in [9.17, 15) is 0 Å². The van der Waals surface area contributed by atoms with Gasteiger partial charge in [0.15, 0.2) is 0 Å². The SMILES string of the molecule is CCCC=Nc1ccccc1-c1ccccc1Cl. The number of aliphatic imine (C=N–C) groups is 1. The summed E-state index contributed by atoms with van der Waals surface area (Å²) in [7, 11) is 0. The number of hydrogen-bond donors (Lipinski definition) is 0. The predicted octanol–water partition coefficient (Wildman–Crippen LogP) is 5.51. The third kappa shape index (κ3) is 2.99. The zero-order valence-electron chi connectivity index (χ0n) is 10.4. The van der Waals surface area contributed by atoms with Crippen LogP contribution in [0.4, 0.5) is 5.69 Å². The Kier molecular flexibility index (Phi) is 4.54. The van der Waals surface area contributed by atoms with Crippen molar-refractivity contribution in [3.8, 4) is 11.1 Å². The molecule has 0 aliphatic carbocycles. The van der Waals surface area contributed by atoms with Gasteiger partial charge in [-0.3, -0.25) is 4.99 Å². The molecule has 0 unspecified atom stereocenters. The van der Waals surface area contributed by atoms with Crippen molar-refractivity contribution in [2.75, 3.05) is 0 Å². The molecule has 0 aliphatic heterocycles. The normalized spacial score (nSPS) is 11.0. The molecule has 0 fully saturated rings. The molecular formula is C16H16ClN. The summed E-state index contributed by atoms with van der Waals surface area (Å²) in [6.45, 7) is 2.14. The molecule has 0 aliphatic rings. The molecule has 0 radical (unpaired) electrons. The van der Waals surface area contributed by atoms with Gasteiger partial charge in [-0.25, -0.2) is 0 Å². The molecule has 0 N–H and O–H groups in total. The zero-order valence-corrected chi connectivity index (χ0v) is 11.2. The third-order valence-corrected chi connectivity index (χ3v) is 3.05. The summed E-state index contributed by atoms with van der Waals surface area (Å²) in [6, 6.07) is 15.9. The van der Waals surface area contributed by atoms with Crippen molar-refractivity contribution in [3.63, 3.8) is 0 Å². The smallest absolute Gasteiger partial charge is 0.0704 e. The van der Waals surface area contributed by atoms with Crippen LogP contribution in [-0.4, -0.2) is 6.21 Å². The molecule has 18 heavy (non-hydrogen) atoms. The molecule has 0 bridgehead atoms. The van der Waals surface area contributed by atoms with Gasteiger partial charge in [0.1, 0.15) is 0 Å². The van der Waals surface area contributed by atoms with E-state index in [0.717, 1.165) is 34.7 Å². The molecule has 92 valence electrons. The van der Waals surface area contributed by atoms with Crippen LogP contribution in [0.5, 0.6) is 0 Å². The van der Waals surface area contributed by atoms with E-state index in [0.29, 0.717) is 0 Å². The fraction of sp³-hybridized carbons (Fsp3) is 0.188. The first-order valence-corrected chi connectivity index (χ1v) is 6.57. The highest BCUT2D eigenvalue weighted by molar-refractivity contribution is 6.33. The van der Waals surface area contributed by atoms with Gasteiger partial charge in [0, 0.05) is 22.4 Å². The monoisotopic (exact) mass is 257 g/mol. The van der Waals surface area contributed by atoms with Crippen LogP contribution in [0.25, 0.3) is 11.1 Å². The molecular weight excluding hydrogens is 242 g/mol. The second-order valence-electron chi connectivity index (χ2n) is 4.10. The number of nitrogens with zero attached hydrogens (tertiary/aromatic N) is 1. The predicted molar refractivity (Wildman–Crippen MR) is 79.9 cm³/mol. The molecule has 0 amide bonds. The van der Waals surface area contributed by atoms with Crippen molar-refractivity contribution >= 4 is 23.5 Å². The summed E-state index contributed by atoms with van der Waals surface area (Å²) >= 11 is 6.24. The summed E-state index contributed by atoms with van der Waals surface area (Å²) in [5.41, 5.74) is 3.08. The van der Waals surface area contributed by atoms with Crippen molar-refractivity contribution in [1.29, 1.82) is 0 Å². The Morgan fingerprint density at radius 3 is 2.39 bits per heavy atom. The minimum atomic E-state index is 0.760. The van der Waals surface area contributed by atoms with E-state index < -0.39 is 0 Å². The van der Waals surface area contributed by atoms with Gasteiger partial charge in [0.05, 0.1) is 5.69 Å².